The van der Waals surface area contributed by atoms with Gasteiger partial charge in [-0.3, -0.25) is 9.59 Å². The first-order valence-corrected chi connectivity index (χ1v) is 28.1. The van der Waals surface area contributed by atoms with Crippen molar-refractivity contribution in [1.82, 2.24) is 0 Å². The summed E-state index contributed by atoms with van der Waals surface area (Å²) >= 11 is 0. The van der Waals surface area contributed by atoms with Gasteiger partial charge < -0.3 is 14.2 Å². The van der Waals surface area contributed by atoms with Gasteiger partial charge in [0.2, 0.25) is 0 Å². The fourth-order valence-corrected chi connectivity index (χ4v) is 7.33. The average molecular weight is 942 g/mol. The molecule has 0 heterocycles. The summed E-state index contributed by atoms with van der Waals surface area (Å²) in [4.78, 5) is 25.4. The number of carbonyl (C=O) groups excluding carboxylic acids is 2. The van der Waals surface area contributed by atoms with Crippen molar-refractivity contribution < 1.29 is 23.8 Å². The van der Waals surface area contributed by atoms with Crippen LogP contribution < -0.4 is 0 Å². The first-order valence-electron chi connectivity index (χ1n) is 28.1. The normalized spacial score (nSPS) is 13.2. The summed E-state index contributed by atoms with van der Waals surface area (Å²) in [7, 11) is 0. The smallest absolute Gasteiger partial charge is 0.310 e. The second-order valence-electron chi connectivity index (χ2n) is 18.1. The van der Waals surface area contributed by atoms with E-state index in [1.807, 2.05) is 12.2 Å². The fraction of sp³-hybridized carbons (Fsp3) is 0.651. The molecule has 1 atom stereocenters. The minimum absolute atomic E-state index is 0.0304. The van der Waals surface area contributed by atoms with Crippen molar-refractivity contribution >= 4 is 11.9 Å². The standard InChI is InChI=1S/C63H104O5/c1-4-7-10-13-16-19-22-25-28-30-31-32-34-37-40-43-46-49-52-55-58-66-59-61(68-63(65)57-54-51-48-45-42-39-35-27-24-21-18-15-12-9-6-3)60-67-62(64)56-53-50-47-44-41-38-36-33-29-26-23-20-17-14-11-8-5-2/h9,12,16-21,25-29,31-32,35,42,45,51,54,61H,4-8,10-11,13-15,22-24,30,33-34,36-41,43-44,46-50,52-53,55-60H2,1-3H3/b12-9-,19-16-,20-17-,21-18-,28-25-,29-26-,32-31-,35-27-,45-42-,54-51-. The van der Waals surface area contributed by atoms with Crippen LogP contribution in [0.15, 0.2) is 122 Å². The van der Waals surface area contributed by atoms with Crippen molar-refractivity contribution in [3.63, 3.8) is 0 Å². The van der Waals surface area contributed by atoms with E-state index in [-0.39, 0.29) is 31.6 Å². The number of allylic oxidation sites excluding steroid dienone is 19. The maximum absolute atomic E-state index is 12.8. The van der Waals surface area contributed by atoms with Crippen LogP contribution in [0.5, 0.6) is 0 Å². The zero-order valence-corrected chi connectivity index (χ0v) is 44.3. The number of hydrogen-bond donors (Lipinski definition) is 0. The zero-order valence-electron chi connectivity index (χ0n) is 44.3. The van der Waals surface area contributed by atoms with Gasteiger partial charge in [0.15, 0.2) is 6.10 Å². The van der Waals surface area contributed by atoms with Crippen LogP contribution in [0.25, 0.3) is 0 Å². The Labute approximate surface area is 420 Å². The number of ether oxygens (including phenoxy) is 3. The molecule has 0 fully saturated rings. The fourth-order valence-electron chi connectivity index (χ4n) is 7.33. The molecule has 68 heavy (non-hydrogen) atoms. The van der Waals surface area contributed by atoms with E-state index in [4.69, 9.17) is 14.2 Å². The van der Waals surface area contributed by atoms with Crippen LogP contribution in [0.3, 0.4) is 0 Å². The Morgan fingerprint density at radius 1 is 0.353 bits per heavy atom. The predicted molar refractivity (Wildman–Crippen MR) is 297 cm³/mol. The van der Waals surface area contributed by atoms with Crippen molar-refractivity contribution in [2.75, 3.05) is 19.8 Å². The first kappa shape index (κ1) is 64.3. The van der Waals surface area contributed by atoms with E-state index in [2.05, 4.69) is 130 Å². The van der Waals surface area contributed by atoms with Crippen molar-refractivity contribution in [3.8, 4) is 0 Å². The molecule has 1 unspecified atom stereocenters. The first-order chi connectivity index (χ1) is 33.6. The highest BCUT2D eigenvalue weighted by Gasteiger charge is 2.17. The largest absolute Gasteiger partial charge is 0.462 e. The molecule has 0 saturated carbocycles. The van der Waals surface area contributed by atoms with Crippen molar-refractivity contribution in [3.05, 3.63) is 122 Å². The van der Waals surface area contributed by atoms with Gasteiger partial charge in [0.05, 0.1) is 13.0 Å². The van der Waals surface area contributed by atoms with E-state index in [9.17, 15) is 9.59 Å². The molecule has 0 N–H and O–H groups in total. The molecule has 0 bridgehead atoms. The number of esters is 2. The highest BCUT2D eigenvalue weighted by molar-refractivity contribution is 5.71. The molecular formula is C63H104O5. The van der Waals surface area contributed by atoms with Crippen LogP contribution in [0.2, 0.25) is 0 Å². The van der Waals surface area contributed by atoms with E-state index >= 15 is 0 Å². The Bertz CT molecular complexity index is 1390. The molecule has 0 aliphatic heterocycles. The van der Waals surface area contributed by atoms with E-state index < -0.39 is 6.10 Å². The van der Waals surface area contributed by atoms with Crippen molar-refractivity contribution in [2.24, 2.45) is 0 Å². The van der Waals surface area contributed by atoms with Crippen LogP contribution in [-0.4, -0.2) is 37.9 Å². The minimum atomic E-state index is -0.608. The Hall–Kier alpha value is -3.70. The summed E-state index contributed by atoms with van der Waals surface area (Å²) in [6.07, 6.45) is 80.9. The molecule has 5 heteroatoms. The summed E-state index contributed by atoms with van der Waals surface area (Å²) < 4.78 is 17.3. The van der Waals surface area contributed by atoms with Crippen molar-refractivity contribution in [2.45, 2.75) is 245 Å². The molecule has 0 aromatic heterocycles. The van der Waals surface area contributed by atoms with Gasteiger partial charge in [-0.05, 0) is 116 Å². The van der Waals surface area contributed by atoms with Gasteiger partial charge in [0.1, 0.15) is 6.61 Å². The van der Waals surface area contributed by atoms with Gasteiger partial charge in [-0.15, -0.1) is 0 Å². The molecule has 0 aromatic rings. The Kier molecular flexibility index (Phi) is 54.5. The summed E-state index contributed by atoms with van der Waals surface area (Å²) in [6, 6.07) is 0. The maximum atomic E-state index is 12.8. The van der Waals surface area contributed by atoms with Crippen LogP contribution in [-0.2, 0) is 23.8 Å². The summed E-state index contributed by atoms with van der Waals surface area (Å²) in [5, 5.41) is 0. The van der Waals surface area contributed by atoms with Gasteiger partial charge in [0, 0.05) is 13.0 Å². The third-order valence-corrected chi connectivity index (χ3v) is 11.5. The van der Waals surface area contributed by atoms with E-state index in [1.165, 1.54) is 116 Å². The monoisotopic (exact) mass is 941 g/mol. The molecule has 0 amide bonds. The Balaban J connectivity index is 4.42. The maximum Gasteiger partial charge on any atom is 0.310 e. The molecule has 0 saturated heterocycles. The highest BCUT2D eigenvalue weighted by Crippen LogP contribution is 2.13. The van der Waals surface area contributed by atoms with Gasteiger partial charge >= 0.3 is 11.9 Å². The second kappa shape index (κ2) is 57.6. The lowest BCUT2D eigenvalue weighted by atomic mass is 10.1. The molecule has 0 aliphatic carbocycles. The van der Waals surface area contributed by atoms with Gasteiger partial charge in [-0.2, -0.15) is 0 Å². The molecule has 0 aromatic carbocycles. The summed E-state index contributed by atoms with van der Waals surface area (Å²) in [5.41, 5.74) is 0. The molecule has 0 radical (unpaired) electrons. The molecular weight excluding hydrogens is 837 g/mol. The number of carbonyl (C=O) groups is 2. The number of unbranched alkanes of at least 4 members (excludes halogenated alkanes) is 20. The van der Waals surface area contributed by atoms with E-state index in [0.717, 1.165) is 89.9 Å². The zero-order chi connectivity index (χ0) is 49.2. The quantitative estimate of drug-likeness (QED) is 0.0345. The third-order valence-electron chi connectivity index (χ3n) is 11.5. The number of rotatable bonds is 50. The van der Waals surface area contributed by atoms with Crippen LogP contribution >= 0.6 is 0 Å². The summed E-state index contributed by atoms with van der Waals surface area (Å²) in [6.45, 7) is 7.52. The SMILES string of the molecule is CC/C=C\C/C=C\C/C=C\C/C=C\C/C=C\CC(=O)OC(COCCCCCCCCC/C=C\C/C=C\C/C=C\CCCCC)COC(=O)CCCCCCCCC/C=C\C/C=C\CCCCC. The van der Waals surface area contributed by atoms with E-state index in [1.54, 1.807) is 0 Å². The van der Waals surface area contributed by atoms with Crippen molar-refractivity contribution in [1.29, 1.82) is 0 Å². The molecule has 0 aliphatic rings. The third kappa shape index (κ3) is 54.9. The average Bonchev–Trinajstić information content (AvgIpc) is 3.34. The lowest BCUT2D eigenvalue weighted by Crippen LogP contribution is -2.29. The second-order valence-corrected chi connectivity index (χ2v) is 18.1. The topological polar surface area (TPSA) is 61.8 Å². The van der Waals surface area contributed by atoms with Gasteiger partial charge in [-0.25, -0.2) is 0 Å². The predicted octanol–water partition coefficient (Wildman–Crippen LogP) is 19.3. The Morgan fingerprint density at radius 2 is 0.706 bits per heavy atom. The molecule has 386 valence electrons. The minimum Gasteiger partial charge on any atom is -0.462 e. The van der Waals surface area contributed by atoms with Gasteiger partial charge in [0.25, 0.3) is 0 Å². The van der Waals surface area contributed by atoms with Crippen LogP contribution in [0.1, 0.15) is 239 Å². The highest BCUT2D eigenvalue weighted by atomic mass is 16.6. The molecule has 0 spiro atoms. The lowest BCUT2D eigenvalue weighted by Gasteiger charge is -2.18. The Morgan fingerprint density at radius 3 is 1.13 bits per heavy atom. The summed E-state index contributed by atoms with van der Waals surface area (Å²) in [5.74, 6) is -0.562. The molecule has 5 nitrogen and oxygen atoms in total. The lowest BCUT2D eigenvalue weighted by molar-refractivity contribution is -0.162. The number of hydrogen-bond acceptors (Lipinski definition) is 5. The van der Waals surface area contributed by atoms with E-state index in [0.29, 0.717) is 13.0 Å². The molecule has 0 rings (SSSR count). The van der Waals surface area contributed by atoms with Crippen LogP contribution in [0.4, 0.5) is 0 Å². The van der Waals surface area contributed by atoms with Gasteiger partial charge in [-0.1, -0.05) is 232 Å². The van der Waals surface area contributed by atoms with Crippen LogP contribution in [0, 0.1) is 0 Å².